The van der Waals surface area contributed by atoms with Crippen LogP contribution < -0.4 is 10.6 Å². The van der Waals surface area contributed by atoms with Crippen LogP contribution in [0.1, 0.15) is 55.7 Å². The van der Waals surface area contributed by atoms with Gasteiger partial charge in [0.1, 0.15) is 5.15 Å². The Morgan fingerprint density at radius 1 is 1.39 bits per heavy atom. The highest BCUT2D eigenvalue weighted by Gasteiger charge is 2.51. The highest BCUT2D eigenvalue weighted by molar-refractivity contribution is 7.16. The van der Waals surface area contributed by atoms with Crippen LogP contribution in [0.3, 0.4) is 0 Å². The fraction of sp³-hybridized carbons (Fsp3) is 0.667. The number of anilines is 1. The molecule has 0 unspecified atom stereocenters. The summed E-state index contributed by atoms with van der Waals surface area (Å²) in [7, 11) is 0. The summed E-state index contributed by atoms with van der Waals surface area (Å²) in [5, 5.41) is 14.3. The summed E-state index contributed by atoms with van der Waals surface area (Å²) in [4.78, 5) is 17.3. The van der Waals surface area contributed by atoms with Gasteiger partial charge < -0.3 is 5.32 Å². The van der Waals surface area contributed by atoms with Gasteiger partial charge in [0.05, 0.1) is 0 Å². The zero-order valence-corrected chi connectivity index (χ0v) is 14.1. The van der Waals surface area contributed by atoms with Crippen LogP contribution in [0.15, 0.2) is 0 Å². The number of nitriles is 1. The Labute approximate surface area is 143 Å². The van der Waals surface area contributed by atoms with Crippen LogP contribution in [0.2, 0.25) is 5.15 Å². The molecule has 0 radical (unpaired) electrons. The van der Waals surface area contributed by atoms with Crippen LogP contribution in [0, 0.1) is 11.5 Å². The summed E-state index contributed by atoms with van der Waals surface area (Å²) in [6, 6.07) is -0.270. The number of aromatic nitrogens is 1. The summed E-state index contributed by atoms with van der Waals surface area (Å²) in [5.41, 5.74) is -1.93. The van der Waals surface area contributed by atoms with Crippen molar-refractivity contribution < 1.29 is 9.18 Å². The first-order valence-corrected chi connectivity index (χ1v) is 9.02. The predicted octanol–water partition coefficient (Wildman–Crippen LogP) is 3.72. The van der Waals surface area contributed by atoms with Crippen molar-refractivity contribution in [2.24, 2.45) is 0 Å². The van der Waals surface area contributed by atoms with Crippen LogP contribution in [0.4, 0.5) is 9.52 Å². The Balaban J connectivity index is 1.62. The van der Waals surface area contributed by atoms with E-state index in [9.17, 15) is 9.18 Å². The van der Waals surface area contributed by atoms with Crippen molar-refractivity contribution in [2.45, 2.75) is 62.6 Å². The first-order chi connectivity index (χ1) is 11.0. The Kier molecular flexibility index (Phi) is 4.74. The molecule has 1 heterocycles. The van der Waals surface area contributed by atoms with E-state index >= 15 is 0 Å². The number of amides is 1. The van der Waals surface area contributed by atoms with Gasteiger partial charge in [0.15, 0.2) is 17.0 Å². The molecule has 0 saturated heterocycles. The van der Waals surface area contributed by atoms with Gasteiger partial charge in [-0.1, -0.05) is 42.2 Å². The van der Waals surface area contributed by atoms with E-state index in [-0.39, 0.29) is 18.9 Å². The van der Waals surface area contributed by atoms with Crippen LogP contribution in [-0.4, -0.2) is 22.6 Å². The monoisotopic (exact) mass is 356 g/mol. The van der Waals surface area contributed by atoms with Crippen molar-refractivity contribution in [3.05, 3.63) is 10.0 Å². The molecule has 124 valence electrons. The van der Waals surface area contributed by atoms with Crippen molar-refractivity contribution in [1.29, 1.82) is 5.26 Å². The van der Waals surface area contributed by atoms with E-state index in [0.717, 1.165) is 17.7 Å². The van der Waals surface area contributed by atoms with E-state index in [1.807, 2.05) is 0 Å². The molecule has 2 fully saturated rings. The smallest absolute Gasteiger partial charge is 0.263 e. The SMILES string of the molecule is N#CN[C@H]1C[C@@](F)(C(=O)Nc2nc(Cl)c(C3CCCCC3)s2)C1. The van der Waals surface area contributed by atoms with Gasteiger partial charge in [-0.05, 0) is 18.8 Å². The first-order valence-electron chi connectivity index (χ1n) is 7.83. The van der Waals surface area contributed by atoms with Gasteiger partial charge in [-0.3, -0.25) is 10.1 Å². The number of nitrogens with zero attached hydrogens (tertiary/aromatic N) is 2. The van der Waals surface area contributed by atoms with E-state index in [2.05, 4.69) is 15.6 Å². The van der Waals surface area contributed by atoms with Gasteiger partial charge >= 0.3 is 0 Å². The minimum atomic E-state index is -1.93. The number of rotatable bonds is 4. The number of alkyl halides is 1. The number of hydrogen-bond donors (Lipinski definition) is 2. The van der Waals surface area contributed by atoms with Crippen LogP contribution in [0.25, 0.3) is 0 Å². The van der Waals surface area contributed by atoms with Crippen molar-refractivity contribution in [3.63, 3.8) is 0 Å². The topological polar surface area (TPSA) is 77.8 Å². The summed E-state index contributed by atoms with van der Waals surface area (Å²) >= 11 is 7.54. The average Bonchev–Trinajstić information content (AvgIpc) is 2.87. The molecular formula is C15H18ClFN4OS. The predicted molar refractivity (Wildman–Crippen MR) is 87.2 cm³/mol. The molecule has 2 saturated carbocycles. The molecule has 1 amide bonds. The molecule has 2 N–H and O–H groups in total. The Bertz CT molecular complexity index is 632. The molecule has 2 aliphatic carbocycles. The fourth-order valence-electron chi connectivity index (χ4n) is 3.29. The third-order valence-electron chi connectivity index (χ3n) is 4.62. The quantitative estimate of drug-likeness (QED) is 0.636. The minimum absolute atomic E-state index is 0.000975. The molecule has 3 rings (SSSR count). The Morgan fingerprint density at radius 2 is 2.09 bits per heavy atom. The molecule has 0 aliphatic heterocycles. The number of carbonyl (C=O) groups excluding carboxylic acids is 1. The van der Waals surface area contributed by atoms with Crippen molar-refractivity contribution in [1.82, 2.24) is 10.3 Å². The molecule has 0 aromatic carbocycles. The normalized spacial score (nSPS) is 27.8. The lowest BCUT2D eigenvalue weighted by Gasteiger charge is -2.38. The van der Waals surface area contributed by atoms with Crippen LogP contribution in [-0.2, 0) is 4.79 Å². The lowest BCUT2D eigenvalue weighted by atomic mass is 9.76. The largest absolute Gasteiger partial charge is 0.321 e. The van der Waals surface area contributed by atoms with Crippen LogP contribution >= 0.6 is 22.9 Å². The van der Waals surface area contributed by atoms with Crippen molar-refractivity contribution in [2.75, 3.05) is 5.32 Å². The summed E-state index contributed by atoms with van der Waals surface area (Å²) in [5.74, 6) is -0.305. The van der Waals surface area contributed by atoms with Crippen molar-refractivity contribution in [3.8, 4) is 6.19 Å². The molecule has 5 nitrogen and oxygen atoms in total. The zero-order chi connectivity index (χ0) is 16.4. The highest BCUT2D eigenvalue weighted by atomic mass is 35.5. The molecule has 1 aromatic rings. The molecular weight excluding hydrogens is 339 g/mol. The van der Waals surface area contributed by atoms with E-state index < -0.39 is 11.6 Å². The number of hydrogen-bond acceptors (Lipinski definition) is 5. The molecule has 0 atom stereocenters. The standard InChI is InChI=1S/C15H18ClFN4OS/c16-12-11(9-4-2-1-3-5-9)23-14(20-12)21-13(22)15(17)6-10(7-15)19-8-18/h9-10,19H,1-7H2,(H,20,21,22)/t10-,15-. The van der Waals surface area contributed by atoms with Crippen LogP contribution in [0.5, 0.6) is 0 Å². The number of halogens is 2. The average molecular weight is 357 g/mol. The molecule has 0 bridgehead atoms. The fourth-order valence-corrected chi connectivity index (χ4v) is 4.72. The number of nitrogens with one attached hydrogen (secondary N) is 2. The van der Waals surface area contributed by atoms with Gasteiger partial charge in [-0.15, -0.1) is 0 Å². The van der Waals surface area contributed by atoms with Gasteiger partial charge in [0, 0.05) is 23.8 Å². The second-order valence-electron chi connectivity index (χ2n) is 6.29. The van der Waals surface area contributed by atoms with Gasteiger partial charge in [-0.2, -0.15) is 5.26 Å². The Hall–Kier alpha value is -1.39. The third-order valence-corrected chi connectivity index (χ3v) is 6.16. The number of carbonyl (C=O) groups is 1. The lowest BCUT2D eigenvalue weighted by molar-refractivity contribution is -0.134. The molecule has 0 spiro atoms. The summed E-state index contributed by atoms with van der Waals surface area (Å²) in [6.07, 6.45) is 7.56. The van der Waals surface area contributed by atoms with Gasteiger partial charge in [-0.25, -0.2) is 9.37 Å². The molecule has 23 heavy (non-hydrogen) atoms. The molecule has 8 heteroatoms. The van der Waals surface area contributed by atoms with Gasteiger partial charge in [0.25, 0.3) is 5.91 Å². The van der Waals surface area contributed by atoms with Gasteiger partial charge in [0.2, 0.25) is 0 Å². The second kappa shape index (κ2) is 6.62. The Morgan fingerprint density at radius 3 is 2.74 bits per heavy atom. The minimum Gasteiger partial charge on any atom is -0.321 e. The van der Waals surface area contributed by atoms with E-state index in [0.29, 0.717) is 16.2 Å². The summed E-state index contributed by atoms with van der Waals surface area (Å²) in [6.45, 7) is 0. The lowest BCUT2D eigenvalue weighted by Crippen LogP contribution is -2.56. The summed E-state index contributed by atoms with van der Waals surface area (Å²) < 4.78 is 14.4. The van der Waals surface area contributed by atoms with E-state index in [1.54, 1.807) is 6.19 Å². The maximum Gasteiger partial charge on any atom is 0.263 e. The molecule has 2 aliphatic rings. The van der Waals surface area contributed by atoms with E-state index in [1.165, 1.54) is 30.6 Å². The highest BCUT2D eigenvalue weighted by Crippen LogP contribution is 2.42. The third kappa shape index (κ3) is 3.43. The first kappa shape index (κ1) is 16.5. The molecule has 1 aromatic heterocycles. The maximum atomic E-state index is 14.4. The zero-order valence-electron chi connectivity index (χ0n) is 12.6. The second-order valence-corrected chi connectivity index (χ2v) is 7.68. The van der Waals surface area contributed by atoms with E-state index in [4.69, 9.17) is 16.9 Å². The van der Waals surface area contributed by atoms with Crippen molar-refractivity contribution >= 4 is 34.0 Å². The maximum absolute atomic E-state index is 14.4. The number of thiazole rings is 1.